The molecule has 2 aromatic carbocycles. The number of rotatable bonds is 8. The maximum Gasteiger partial charge on any atom is 0.180 e. The number of aromatic amines is 2. The molecule has 0 bridgehead atoms. The molecule has 0 aliphatic heterocycles. The lowest BCUT2D eigenvalue weighted by Crippen LogP contribution is -2.03. The summed E-state index contributed by atoms with van der Waals surface area (Å²) in [5, 5.41) is 26.3. The maximum absolute atomic E-state index is 10.8. The van der Waals surface area contributed by atoms with Gasteiger partial charge in [0.15, 0.2) is 11.0 Å². The zero-order valence-corrected chi connectivity index (χ0v) is 19.4. The Bertz CT molecular complexity index is 1410. The molecule has 5 aromatic rings. The van der Waals surface area contributed by atoms with E-state index in [9.17, 15) is 5.11 Å². The molecule has 3 N–H and O–H groups in total. The van der Waals surface area contributed by atoms with Crippen LogP contribution in [0.3, 0.4) is 0 Å². The smallest absolute Gasteiger partial charge is 0.180 e. The number of tetrazole rings is 1. The number of pyridine rings is 1. The first-order valence-corrected chi connectivity index (χ1v) is 11.7. The summed E-state index contributed by atoms with van der Waals surface area (Å²) in [6.07, 6.45) is 2.59. The normalized spacial score (nSPS) is 12.3. The fourth-order valence-corrected chi connectivity index (χ4v) is 4.34. The number of aromatic nitrogens is 7. The van der Waals surface area contributed by atoms with Crippen molar-refractivity contribution in [1.29, 1.82) is 0 Å². The zero-order valence-electron chi connectivity index (χ0n) is 18.7. The van der Waals surface area contributed by atoms with Crippen LogP contribution in [0.2, 0.25) is 5.15 Å². The summed E-state index contributed by atoms with van der Waals surface area (Å²) < 4.78 is 0. The van der Waals surface area contributed by atoms with Crippen LogP contribution in [0.4, 0.5) is 0 Å². The van der Waals surface area contributed by atoms with Crippen molar-refractivity contribution in [3.8, 4) is 22.6 Å². The summed E-state index contributed by atoms with van der Waals surface area (Å²) in [6.45, 7) is 2.13. The molecule has 5 rings (SSSR count). The summed E-state index contributed by atoms with van der Waals surface area (Å²) in [5.41, 5.74) is 5.08. The number of aliphatic hydroxyl groups excluding tert-OH is 1. The summed E-state index contributed by atoms with van der Waals surface area (Å²) in [5.74, 6) is 1.41. The number of hydrogen-bond acceptors (Lipinski definition) is 6. The quantitative estimate of drug-likeness (QED) is 0.289. The van der Waals surface area contributed by atoms with Gasteiger partial charge in [-0.3, -0.25) is 0 Å². The van der Waals surface area contributed by atoms with E-state index in [1.165, 1.54) is 0 Å². The van der Waals surface area contributed by atoms with E-state index in [1.807, 2.05) is 54.6 Å². The van der Waals surface area contributed by atoms with E-state index in [1.54, 1.807) is 0 Å². The predicted octanol–water partition coefficient (Wildman–Crippen LogP) is 5.08. The SMILES string of the molecule is CCCCc1nc(Cl)c(C(O)Cc2ccc3nc(-c4ccccc4-c4nnn[nH]4)ccc3c2)[nH]1. The molecule has 9 heteroatoms. The zero-order chi connectivity index (χ0) is 23.5. The third kappa shape index (κ3) is 4.55. The molecule has 0 spiro atoms. The first-order valence-electron chi connectivity index (χ1n) is 11.3. The molecule has 0 radical (unpaired) electrons. The highest BCUT2D eigenvalue weighted by molar-refractivity contribution is 6.30. The molecule has 0 amide bonds. The Kier molecular flexibility index (Phi) is 6.33. The molecular formula is C25H24ClN7O. The maximum atomic E-state index is 10.8. The number of nitrogens with one attached hydrogen (secondary N) is 2. The second-order valence-electron chi connectivity index (χ2n) is 8.23. The van der Waals surface area contributed by atoms with Gasteiger partial charge in [-0.05, 0) is 40.6 Å². The number of benzene rings is 2. The molecule has 1 atom stereocenters. The van der Waals surface area contributed by atoms with Crippen molar-refractivity contribution in [2.24, 2.45) is 0 Å². The molecular weight excluding hydrogens is 450 g/mol. The van der Waals surface area contributed by atoms with Gasteiger partial charge in [-0.15, -0.1) is 5.10 Å². The molecule has 34 heavy (non-hydrogen) atoms. The van der Waals surface area contributed by atoms with Crippen molar-refractivity contribution in [2.75, 3.05) is 0 Å². The lowest BCUT2D eigenvalue weighted by atomic mass is 10.0. The van der Waals surface area contributed by atoms with Gasteiger partial charge in [-0.25, -0.2) is 15.1 Å². The fourth-order valence-electron chi connectivity index (χ4n) is 4.06. The van der Waals surface area contributed by atoms with Gasteiger partial charge in [0.2, 0.25) is 0 Å². The van der Waals surface area contributed by atoms with Crippen molar-refractivity contribution in [1.82, 2.24) is 35.6 Å². The molecule has 8 nitrogen and oxygen atoms in total. The average Bonchev–Trinajstić information content (AvgIpc) is 3.52. The number of aryl methyl sites for hydroxylation is 1. The van der Waals surface area contributed by atoms with Crippen LogP contribution in [-0.4, -0.2) is 40.7 Å². The van der Waals surface area contributed by atoms with Crippen molar-refractivity contribution >= 4 is 22.5 Å². The van der Waals surface area contributed by atoms with E-state index in [2.05, 4.69) is 37.5 Å². The number of H-pyrrole nitrogens is 2. The first kappa shape index (κ1) is 22.2. The Hall–Kier alpha value is -3.62. The molecule has 172 valence electrons. The Morgan fingerprint density at radius 3 is 2.68 bits per heavy atom. The third-order valence-corrected chi connectivity index (χ3v) is 6.11. The Labute approximate surface area is 201 Å². The van der Waals surface area contributed by atoms with E-state index in [0.717, 1.165) is 58.4 Å². The minimum Gasteiger partial charge on any atom is -0.386 e. The summed E-state index contributed by atoms with van der Waals surface area (Å²) in [4.78, 5) is 12.4. The van der Waals surface area contributed by atoms with Crippen LogP contribution in [0.1, 0.15) is 43.0 Å². The topological polar surface area (TPSA) is 116 Å². The first-order chi connectivity index (χ1) is 16.6. The highest BCUT2D eigenvalue weighted by Crippen LogP contribution is 2.30. The highest BCUT2D eigenvalue weighted by atomic mass is 35.5. The standard InChI is InChI=1S/C25H24ClN7O/c1-2-3-8-22-28-23(24(26)29-22)21(34)14-15-9-11-19-16(13-15)10-12-20(27-19)17-6-4-5-7-18(17)25-30-32-33-31-25/h4-7,9-13,21,34H,2-3,8,14H2,1H3,(H,28,29)(H,30,31,32,33). The summed E-state index contributed by atoms with van der Waals surface area (Å²) in [7, 11) is 0. The average molecular weight is 474 g/mol. The minimum absolute atomic E-state index is 0.339. The number of hydrogen-bond donors (Lipinski definition) is 3. The second-order valence-corrected chi connectivity index (χ2v) is 8.59. The number of nitrogens with zero attached hydrogens (tertiary/aromatic N) is 5. The van der Waals surface area contributed by atoms with Crippen LogP contribution in [0.15, 0.2) is 54.6 Å². The number of unbranched alkanes of at least 4 members (excludes halogenated alkanes) is 1. The molecule has 0 aliphatic rings. The van der Waals surface area contributed by atoms with Crippen LogP contribution >= 0.6 is 11.6 Å². The van der Waals surface area contributed by atoms with Gasteiger partial charge in [0.1, 0.15) is 11.9 Å². The van der Waals surface area contributed by atoms with E-state index in [4.69, 9.17) is 16.6 Å². The van der Waals surface area contributed by atoms with E-state index < -0.39 is 6.10 Å². The van der Waals surface area contributed by atoms with Crippen LogP contribution in [0.25, 0.3) is 33.5 Å². The molecule has 0 saturated heterocycles. The summed E-state index contributed by atoms with van der Waals surface area (Å²) >= 11 is 6.28. The van der Waals surface area contributed by atoms with Crippen LogP contribution in [0.5, 0.6) is 0 Å². The van der Waals surface area contributed by atoms with Crippen LogP contribution in [0, 0.1) is 0 Å². The Morgan fingerprint density at radius 1 is 1.03 bits per heavy atom. The van der Waals surface area contributed by atoms with Crippen LogP contribution in [-0.2, 0) is 12.8 Å². The highest BCUT2D eigenvalue weighted by Gasteiger charge is 2.18. The predicted molar refractivity (Wildman–Crippen MR) is 131 cm³/mol. The Morgan fingerprint density at radius 2 is 1.88 bits per heavy atom. The van der Waals surface area contributed by atoms with Crippen molar-refractivity contribution in [3.05, 3.63) is 76.8 Å². The van der Waals surface area contributed by atoms with Gasteiger partial charge in [0, 0.05) is 29.4 Å². The molecule has 0 saturated carbocycles. The minimum atomic E-state index is -0.762. The Balaban J connectivity index is 1.39. The van der Waals surface area contributed by atoms with Crippen molar-refractivity contribution in [2.45, 2.75) is 38.7 Å². The fraction of sp³-hybridized carbons (Fsp3) is 0.240. The van der Waals surface area contributed by atoms with E-state index >= 15 is 0 Å². The lowest BCUT2D eigenvalue weighted by molar-refractivity contribution is 0.174. The van der Waals surface area contributed by atoms with Gasteiger partial charge >= 0.3 is 0 Å². The molecule has 3 aromatic heterocycles. The van der Waals surface area contributed by atoms with Crippen molar-refractivity contribution in [3.63, 3.8) is 0 Å². The lowest BCUT2D eigenvalue weighted by Gasteiger charge is -2.11. The number of aliphatic hydroxyl groups is 1. The number of imidazole rings is 1. The largest absolute Gasteiger partial charge is 0.386 e. The molecule has 1 unspecified atom stereocenters. The molecule has 0 fully saturated rings. The molecule has 0 aliphatic carbocycles. The second kappa shape index (κ2) is 9.70. The van der Waals surface area contributed by atoms with Gasteiger partial charge in [-0.2, -0.15) is 0 Å². The van der Waals surface area contributed by atoms with Gasteiger partial charge < -0.3 is 10.1 Å². The van der Waals surface area contributed by atoms with E-state index in [-0.39, 0.29) is 0 Å². The number of fused-ring (bicyclic) bond motifs is 1. The molecule has 3 heterocycles. The monoisotopic (exact) mass is 473 g/mol. The third-order valence-electron chi connectivity index (χ3n) is 5.82. The van der Waals surface area contributed by atoms with Gasteiger partial charge in [-0.1, -0.05) is 61.3 Å². The number of halogens is 1. The van der Waals surface area contributed by atoms with Gasteiger partial charge in [0.05, 0.1) is 16.9 Å². The van der Waals surface area contributed by atoms with E-state index in [0.29, 0.717) is 23.1 Å². The van der Waals surface area contributed by atoms with Gasteiger partial charge in [0.25, 0.3) is 0 Å². The van der Waals surface area contributed by atoms with Crippen molar-refractivity contribution < 1.29 is 5.11 Å². The summed E-state index contributed by atoms with van der Waals surface area (Å²) in [6, 6.07) is 17.9. The van der Waals surface area contributed by atoms with Crippen LogP contribution < -0.4 is 0 Å².